The van der Waals surface area contributed by atoms with E-state index in [9.17, 15) is 9.59 Å². The Balaban J connectivity index is 1.40. The minimum absolute atomic E-state index is 0.205. The molecule has 6 nitrogen and oxygen atoms in total. The van der Waals surface area contributed by atoms with Gasteiger partial charge in [-0.1, -0.05) is 18.6 Å². The average Bonchev–Trinajstić information content (AvgIpc) is 3.05. The lowest BCUT2D eigenvalue weighted by Gasteiger charge is -2.26. The Morgan fingerprint density at radius 2 is 2.15 bits per heavy atom. The van der Waals surface area contributed by atoms with Gasteiger partial charge in [-0.3, -0.25) is 9.59 Å². The topological polar surface area (TPSA) is 75.4 Å². The van der Waals surface area contributed by atoms with Crippen molar-refractivity contribution in [2.24, 2.45) is 0 Å². The SMILES string of the molecule is O=C(Nc1cccc(CN2CCCCC2=O)c1)c1coc(C2CCC2)n1. The number of amides is 2. The Hall–Kier alpha value is -2.63. The standard InChI is InChI=1S/C20H23N3O3/c24-18-9-1-2-10-23(18)12-14-5-3-8-16(11-14)21-19(25)17-13-26-20(22-17)15-6-4-7-15/h3,5,8,11,13,15H,1-2,4,6-7,9-10,12H2,(H,21,25). The average molecular weight is 353 g/mol. The summed E-state index contributed by atoms with van der Waals surface area (Å²) < 4.78 is 5.45. The van der Waals surface area contributed by atoms with E-state index in [1.54, 1.807) is 0 Å². The Kier molecular flexibility index (Phi) is 4.73. The number of hydrogen-bond acceptors (Lipinski definition) is 4. The van der Waals surface area contributed by atoms with E-state index in [1.165, 1.54) is 12.7 Å². The van der Waals surface area contributed by atoms with Gasteiger partial charge in [0.25, 0.3) is 5.91 Å². The molecule has 0 bridgehead atoms. The molecular weight excluding hydrogens is 330 g/mol. The number of anilines is 1. The molecule has 1 N–H and O–H groups in total. The number of aromatic nitrogens is 1. The fraction of sp³-hybridized carbons (Fsp3) is 0.450. The molecule has 1 aromatic heterocycles. The van der Waals surface area contributed by atoms with E-state index < -0.39 is 0 Å². The smallest absolute Gasteiger partial charge is 0.277 e. The highest BCUT2D eigenvalue weighted by Gasteiger charge is 2.25. The van der Waals surface area contributed by atoms with Crippen molar-refractivity contribution in [3.05, 3.63) is 47.7 Å². The highest BCUT2D eigenvalue weighted by atomic mass is 16.3. The van der Waals surface area contributed by atoms with Crippen LogP contribution >= 0.6 is 0 Å². The number of rotatable bonds is 5. The first kappa shape index (κ1) is 16.8. The molecule has 2 heterocycles. The van der Waals surface area contributed by atoms with Crippen LogP contribution in [0, 0.1) is 0 Å². The number of nitrogens with one attached hydrogen (secondary N) is 1. The van der Waals surface area contributed by atoms with Gasteiger partial charge in [-0.2, -0.15) is 0 Å². The lowest BCUT2D eigenvalue weighted by atomic mass is 9.85. The minimum Gasteiger partial charge on any atom is -0.448 e. The number of carbonyl (C=O) groups is 2. The van der Waals surface area contributed by atoms with Crippen molar-refractivity contribution in [3.8, 4) is 0 Å². The van der Waals surface area contributed by atoms with E-state index in [0.29, 0.717) is 36.2 Å². The van der Waals surface area contributed by atoms with Crippen LogP contribution in [0.2, 0.25) is 0 Å². The van der Waals surface area contributed by atoms with E-state index in [2.05, 4.69) is 10.3 Å². The van der Waals surface area contributed by atoms with Gasteiger partial charge in [0.05, 0.1) is 0 Å². The minimum atomic E-state index is -0.273. The second-order valence-corrected chi connectivity index (χ2v) is 7.13. The van der Waals surface area contributed by atoms with Crippen molar-refractivity contribution >= 4 is 17.5 Å². The van der Waals surface area contributed by atoms with Gasteiger partial charge in [-0.05, 0) is 43.4 Å². The number of benzene rings is 1. The highest BCUT2D eigenvalue weighted by molar-refractivity contribution is 6.02. The van der Waals surface area contributed by atoms with Crippen LogP contribution in [-0.2, 0) is 11.3 Å². The monoisotopic (exact) mass is 353 g/mol. The fourth-order valence-electron chi connectivity index (χ4n) is 3.43. The maximum Gasteiger partial charge on any atom is 0.277 e. The van der Waals surface area contributed by atoms with E-state index in [-0.39, 0.29) is 11.8 Å². The molecule has 0 spiro atoms. The predicted octanol–water partition coefficient (Wildman–Crippen LogP) is 3.71. The Morgan fingerprint density at radius 1 is 1.27 bits per heavy atom. The summed E-state index contributed by atoms with van der Waals surface area (Å²) in [5.74, 6) is 0.961. The third-order valence-electron chi connectivity index (χ3n) is 5.19. The molecule has 2 amide bonds. The summed E-state index contributed by atoms with van der Waals surface area (Å²) in [6, 6.07) is 7.61. The van der Waals surface area contributed by atoms with E-state index >= 15 is 0 Å². The van der Waals surface area contributed by atoms with Gasteiger partial charge in [0.15, 0.2) is 11.6 Å². The van der Waals surface area contributed by atoms with Gasteiger partial charge in [-0.25, -0.2) is 4.98 Å². The maximum atomic E-state index is 12.4. The van der Waals surface area contributed by atoms with Crippen molar-refractivity contribution in [2.45, 2.75) is 51.0 Å². The fourth-order valence-corrected chi connectivity index (χ4v) is 3.43. The number of nitrogens with zero attached hydrogens (tertiary/aromatic N) is 2. The zero-order valence-corrected chi connectivity index (χ0v) is 14.7. The molecule has 136 valence electrons. The van der Waals surface area contributed by atoms with E-state index in [0.717, 1.165) is 37.8 Å². The summed E-state index contributed by atoms with van der Waals surface area (Å²) in [6.45, 7) is 1.39. The molecule has 1 aliphatic carbocycles. The molecule has 6 heteroatoms. The first-order valence-electron chi connectivity index (χ1n) is 9.32. The third-order valence-corrected chi connectivity index (χ3v) is 5.19. The zero-order chi connectivity index (χ0) is 17.9. The number of likely N-dealkylation sites (tertiary alicyclic amines) is 1. The molecule has 1 saturated heterocycles. The Morgan fingerprint density at radius 3 is 2.92 bits per heavy atom. The van der Waals surface area contributed by atoms with Crippen molar-refractivity contribution in [3.63, 3.8) is 0 Å². The van der Waals surface area contributed by atoms with Crippen LogP contribution < -0.4 is 5.32 Å². The molecule has 26 heavy (non-hydrogen) atoms. The molecule has 4 rings (SSSR count). The van der Waals surface area contributed by atoms with Crippen molar-refractivity contribution in [2.75, 3.05) is 11.9 Å². The van der Waals surface area contributed by atoms with Gasteiger partial charge in [-0.15, -0.1) is 0 Å². The molecular formula is C20H23N3O3. The van der Waals surface area contributed by atoms with Gasteiger partial charge >= 0.3 is 0 Å². The number of piperidine rings is 1. The molecule has 0 unspecified atom stereocenters. The first-order valence-corrected chi connectivity index (χ1v) is 9.32. The molecule has 2 aromatic rings. The number of hydrogen-bond donors (Lipinski definition) is 1. The summed E-state index contributed by atoms with van der Waals surface area (Å²) >= 11 is 0. The van der Waals surface area contributed by atoms with Gasteiger partial charge in [0.1, 0.15) is 6.26 Å². The normalized spacial score (nSPS) is 17.8. The second kappa shape index (κ2) is 7.32. The highest BCUT2D eigenvalue weighted by Crippen LogP contribution is 2.35. The Labute approximate surface area is 152 Å². The Bertz CT molecular complexity index is 810. The van der Waals surface area contributed by atoms with E-state index in [1.807, 2.05) is 29.2 Å². The van der Waals surface area contributed by atoms with Crippen molar-refractivity contribution in [1.82, 2.24) is 9.88 Å². The number of carbonyl (C=O) groups excluding carboxylic acids is 2. The molecule has 1 saturated carbocycles. The molecule has 2 fully saturated rings. The quantitative estimate of drug-likeness (QED) is 0.889. The molecule has 0 atom stereocenters. The van der Waals surface area contributed by atoms with E-state index in [4.69, 9.17) is 4.42 Å². The maximum absolute atomic E-state index is 12.4. The third kappa shape index (κ3) is 3.64. The summed E-state index contributed by atoms with van der Waals surface area (Å²) in [7, 11) is 0. The molecule has 0 radical (unpaired) electrons. The van der Waals surface area contributed by atoms with Crippen LogP contribution in [0.25, 0.3) is 0 Å². The number of oxazole rings is 1. The summed E-state index contributed by atoms with van der Waals surface area (Å²) in [4.78, 5) is 30.6. The van der Waals surface area contributed by atoms with Crippen molar-refractivity contribution in [1.29, 1.82) is 0 Å². The largest absolute Gasteiger partial charge is 0.448 e. The van der Waals surface area contributed by atoms with Crippen LogP contribution in [0.5, 0.6) is 0 Å². The zero-order valence-electron chi connectivity index (χ0n) is 14.7. The summed E-state index contributed by atoms with van der Waals surface area (Å²) in [5.41, 5.74) is 2.02. The van der Waals surface area contributed by atoms with Crippen LogP contribution in [0.4, 0.5) is 5.69 Å². The lowest BCUT2D eigenvalue weighted by molar-refractivity contribution is -0.133. The first-order chi connectivity index (χ1) is 12.7. The van der Waals surface area contributed by atoms with Crippen LogP contribution in [0.1, 0.15) is 66.4 Å². The van der Waals surface area contributed by atoms with Crippen LogP contribution in [0.15, 0.2) is 34.9 Å². The molecule has 2 aliphatic rings. The molecule has 1 aromatic carbocycles. The summed E-state index contributed by atoms with van der Waals surface area (Å²) in [6.07, 6.45) is 7.45. The molecule has 1 aliphatic heterocycles. The second-order valence-electron chi connectivity index (χ2n) is 7.13. The van der Waals surface area contributed by atoms with Gasteiger partial charge in [0.2, 0.25) is 5.91 Å². The van der Waals surface area contributed by atoms with Gasteiger partial charge < -0.3 is 14.6 Å². The van der Waals surface area contributed by atoms with Gasteiger partial charge in [0, 0.05) is 31.1 Å². The summed E-state index contributed by atoms with van der Waals surface area (Å²) in [5, 5.41) is 2.87. The van der Waals surface area contributed by atoms with Crippen LogP contribution in [0.3, 0.4) is 0 Å². The predicted molar refractivity (Wildman–Crippen MR) is 96.8 cm³/mol. The van der Waals surface area contributed by atoms with Crippen LogP contribution in [-0.4, -0.2) is 28.2 Å². The lowest BCUT2D eigenvalue weighted by Crippen LogP contribution is -2.34. The van der Waals surface area contributed by atoms with Crippen molar-refractivity contribution < 1.29 is 14.0 Å².